The number of fused-ring (bicyclic) bond motifs is 1. The lowest BCUT2D eigenvalue weighted by molar-refractivity contribution is 0.574. The van der Waals surface area contributed by atoms with Crippen LogP contribution in [0.5, 0.6) is 0 Å². The van der Waals surface area contributed by atoms with E-state index in [0.29, 0.717) is 12.4 Å². The first-order chi connectivity index (χ1) is 7.86. The van der Waals surface area contributed by atoms with Crippen LogP contribution in [0.1, 0.15) is 5.69 Å². The number of nitrogens with zero attached hydrogens (tertiary/aromatic N) is 1. The molecule has 4 heteroatoms. The summed E-state index contributed by atoms with van der Waals surface area (Å²) in [7, 11) is 0. The van der Waals surface area contributed by atoms with E-state index in [9.17, 15) is 0 Å². The van der Waals surface area contributed by atoms with Gasteiger partial charge in [0, 0.05) is 11.2 Å². The van der Waals surface area contributed by atoms with Crippen molar-refractivity contribution >= 4 is 21.4 Å². The molecule has 80 valence electrons. The Morgan fingerprint density at radius 1 is 1.31 bits per heavy atom. The van der Waals surface area contributed by atoms with Crippen LogP contribution >= 0.6 is 11.3 Å². The van der Waals surface area contributed by atoms with Crippen LogP contribution in [-0.2, 0) is 6.54 Å². The van der Waals surface area contributed by atoms with Crippen molar-refractivity contribution in [2.45, 2.75) is 6.54 Å². The first-order valence-electron chi connectivity index (χ1n) is 5.00. The molecule has 3 nitrogen and oxygen atoms in total. The predicted molar refractivity (Wildman–Crippen MR) is 65.2 cm³/mol. The Morgan fingerprint density at radius 2 is 2.19 bits per heavy atom. The van der Waals surface area contributed by atoms with Crippen molar-refractivity contribution in [2.75, 3.05) is 0 Å². The van der Waals surface area contributed by atoms with Crippen molar-refractivity contribution in [1.29, 1.82) is 0 Å². The number of nitrogens with two attached hydrogens (primary N) is 1. The van der Waals surface area contributed by atoms with E-state index in [4.69, 9.17) is 10.2 Å². The van der Waals surface area contributed by atoms with Crippen LogP contribution in [0.3, 0.4) is 0 Å². The van der Waals surface area contributed by atoms with E-state index in [1.54, 1.807) is 17.6 Å². The molecule has 0 bridgehead atoms. The molecule has 2 aromatic heterocycles. The Bertz CT molecular complexity index is 594. The number of aromatic nitrogens is 1. The molecule has 0 aliphatic carbocycles. The van der Waals surface area contributed by atoms with E-state index in [2.05, 4.69) is 23.2 Å². The van der Waals surface area contributed by atoms with E-state index < -0.39 is 0 Å². The fourth-order valence-corrected chi connectivity index (χ4v) is 2.60. The van der Waals surface area contributed by atoms with Crippen LogP contribution < -0.4 is 5.73 Å². The molecule has 0 fully saturated rings. The smallest absolute Gasteiger partial charge is 0.236 e. The summed E-state index contributed by atoms with van der Waals surface area (Å²) in [5.41, 5.74) is 6.28. The van der Waals surface area contributed by atoms with Crippen molar-refractivity contribution in [1.82, 2.24) is 4.98 Å². The topological polar surface area (TPSA) is 52.0 Å². The molecule has 0 aliphatic rings. The predicted octanol–water partition coefficient (Wildman–Crippen LogP) is 3.02. The summed E-state index contributed by atoms with van der Waals surface area (Å²) in [6.45, 7) is 0.411. The van der Waals surface area contributed by atoms with Gasteiger partial charge < -0.3 is 10.2 Å². The monoisotopic (exact) mass is 230 g/mol. The van der Waals surface area contributed by atoms with Crippen molar-refractivity contribution in [3.05, 3.63) is 42.3 Å². The first-order valence-corrected chi connectivity index (χ1v) is 5.82. The molecule has 0 saturated heterocycles. The molecule has 0 radical (unpaired) electrons. The highest BCUT2D eigenvalue weighted by molar-refractivity contribution is 7.22. The number of hydrogen-bond acceptors (Lipinski definition) is 4. The molecular formula is C12H10N2OS. The maximum absolute atomic E-state index is 5.50. The van der Waals surface area contributed by atoms with Gasteiger partial charge in [-0.15, -0.1) is 11.3 Å². The lowest BCUT2D eigenvalue weighted by atomic mass is 10.2. The second-order valence-corrected chi connectivity index (χ2v) is 4.58. The van der Waals surface area contributed by atoms with Gasteiger partial charge in [-0.05, 0) is 17.5 Å². The van der Waals surface area contributed by atoms with Gasteiger partial charge in [-0.1, -0.05) is 18.2 Å². The standard InChI is InChI=1S/C12H10N2OS/c13-6-9-7-15-12(14-9)11-5-8-3-1-2-4-10(8)16-11/h1-5,7H,6,13H2. The summed E-state index contributed by atoms with van der Waals surface area (Å²) in [4.78, 5) is 5.36. The third-order valence-electron chi connectivity index (χ3n) is 2.40. The lowest BCUT2D eigenvalue weighted by Crippen LogP contribution is -1.95. The largest absolute Gasteiger partial charge is 0.444 e. The van der Waals surface area contributed by atoms with Gasteiger partial charge in [-0.2, -0.15) is 0 Å². The van der Waals surface area contributed by atoms with Crippen molar-refractivity contribution in [3.8, 4) is 10.8 Å². The third-order valence-corrected chi connectivity index (χ3v) is 3.50. The Labute approximate surface area is 96.5 Å². The number of oxazole rings is 1. The number of thiophene rings is 1. The minimum Gasteiger partial charge on any atom is -0.444 e. The molecule has 0 atom stereocenters. The van der Waals surface area contributed by atoms with Gasteiger partial charge in [0.2, 0.25) is 5.89 Å². The fourth-order valence-electron chi connectivity index (χ4n) is 1.60. The molecule has 3 aromatic rings. The quantitative estimate of drug-likeness (QED) is 0.736. The molecule has 3 rings (SSSR count). The Kier molecular flexibility index (Phi) is 2.23. The van der Waals surface area contributed by atoms with Crippen LogP contribution in [-0.4, -0.2) is 4.98 Å². The Hall–Kier alpha value is -1.65. The molecule has 2 heterocycles. The van der Waals surface area contributed by atoms with Gasteiger partial charge in [0.05, 0.1) is 10.6 Å². The second-order valence-electron chi connectivity index (χ2n) is 3.50. The van der Waals surface area contributed by atoms with Crippen LogP contribution in [0.25, 0.3) is 20.9 Å². The molecule has 0 amide bonds. The molecule has 16 heavy (non-hydrogen) atoms. The first kappa shape index (κ1) is 9.57. The van der Waals surface area contributed by atoms with Gasteiger partial charge in [-0.25, -0.2) is 4.98 Å². The number of hydrogen-bond donors (Lipinski definition) is 1. The maximum atomic E-state index is 5.50. The third kappa shape index (κ3) is 1.52. The molecule has 0 unspecified atom stereocenters. The summed E-state index contributed by atoms with van der Waals surface area (Å²) < 4.78 is 6.63. The highest BCUT2D eigenvalue weighted by atomic mass is 32.1. The summed E-state index contributed by atoms with van der Waals surface area (Å²) >= 11 is 1.68. The Balaban J connectivity index is 2.11. The van der Waals surface area contributed by atoms with E-state index >= 15 is 0 Å². The lowest BCUT2D eigenvalue weighted by Gasteiger charge is -1.85. The minimum atomic E-state index is 0.411. The van der Waals surface area contributed by atoms with E-state index in [1.165, 1.54) is 10.1 Å². The minimum absolute atomic E-state index is 0.411. The molecule has 0 aliphatic heterocycles. The van der Waals surface area contributed by atoms with Crippen molar-refractivity contribution < 1.29 is 4.42 Å². The molecule has 2 N–H and O–H groups in total. The molecular weight excluding hydrogens is 220 g/mol. The van der Waals surface area contributed by atoms with Crippen LogP contribution in [0.4, 0.5) is 0 Å². The van der Waals surface area contributed by atoms with E-state index in [-0.39, 0.29) is 0 Å². The molecule has 0 spiro atoms. The molecule has 1 aromatic carbocycles. The summed E-state index contributed by atoms with van der Waals surface area (Å²) in [6, 6.07) is 10.3. The van der Waals surface area contributed by atoms with Crippen molar-refractivity contribution in [2.24, 2.45) is 5.73 Å². The highest BCUT2D eigenvalue weighted by Crippen LogP contribution is 2.32. The van der Waals surface area contributed by atoms with Gasteiger partial charge in [-0.3, -0.25) is 0 Å². The maximum Gasteiger partial charge on any atom is 0.236 e. The SMILES string of the molecule is NCc1coc(-c2cc3ccccc3s2)n1. The average molecular weight is 230 g/mol. The second kappa shape index (κ2) is 3.73. The van der Waals surface area contributed by atoms with Gasteiger partial charge in [0.25, 0.3) is 0 Å². The van der Waals surface area contributed by atoms with Gasteiger partial charge >= 0.3 is 0 Å². The van der Waals surface area contributed by atoms with Crippen LogP contribution in [0.2, 0.25) is 0 Å². The summed E-state index contributed by atoms with van der Waals surface area (Å²) in [5.74, 6) is 0.654. The summed E-state index contributed by atoms with van der Waals surface area (Å²) in [6.07, 6.45) is 1.61. The zero-order chi connectivity index (χ0) is 11.0. The fraction of sp³-hybridized carbons (Fsp3) is 0.0833. The zero-order valence-electron chi connectivity index (χ0n) is 8.51. The normalized spacial score (nSPS) is 11.1. The zero-order valence-corrected chi connectivity index (χ0v) is 9.33. The van der Waals surface area contributed by atoms with E-state index in [0.717, 1.165) is 10.6 Å². The van der Waals surface area contributed by atoms with Gasteiger partial charge in [0.15, 0.2) is 0 Å². The van der Waals surface area contributed by atoms with Crippen molar-refractivity contribution in [3.63, 3.8) is 0 Å². The number of rotatable bonds is 2. The van der Waals surface area contributed by atoms with E-state index in [1.807, 2.05) is 12.1 Å². The van der Waals surface area contributed by atoms with Crippen LogP contribution in [0.15, 0.2) is 41.0 Å². The Morgan fingerprint density at radius 3 is 2.94 bits per heavy atom. The molecule has 0 saturated carbocycles. The highest BCUT2D eigenvalue weighted by Gasteiger charge is 2.09. The van der Waals surface area contributed by atoms with Crippen LogP contribution in [0, 0.1) is 0 Å². The summed E-state index contributed by atoms with van der Waals surface area (Å²) in [5, 5.41) is 1.22. The number of benzene rings is 1. The average Bonchev–Trinajstić information content (AvgIpc) is 2.95. The van der Waals surface area contributed by atoms with Gasteiger partial charge in [0.1, 0.15) is 6.26 Å².